The van der Waals surface area contributed by atoms with Gasteiger partial charge >= 0.3 is 5.97 Å². The number of carbonyl (C=O) groups is 1. The van der Waals surface area contributed by atoms with E-state index in [1.807, 2.05) is 0 Å². The molecule has 3 nitrogen and oxygen atoms in total. The van der Waals surface area contributed by atoms with Gasteiger partial charge in [0.15, 0.2) is 0 Å². The predicted octanol–water partition coefficient (Wildman–Crippen LogP) is 1.71. The van der Waals surface area contributed by atoms with Crippen LogP contribution in [0.4, 0.5) is 4.39 Å². The van der Waals surface area contributed by atoms with Crippen molar-refractivity contribution in [1.29, 1.82) is 0 Å². The van der Waals surface area contributed by atoms with Gasteiger partial charge in [-0.15, -0.1) is 0 Å². The molecule has 4 heteroatoms. The summed E-state index contributed by atoms with van der Waals surface area (Å²) >= 11 is 0. The summed E-state index contributed by atoms with van der Waals surface area (Å²) in [5, 5.41) is 8.96. The zero-order valence-electron chi connectivity index (χ0n) is 7.08. The molecule has 0 aliphatic rings. The molecule has 0 bridgehead atoms. The van der Waals surface area contributed by atoms with E-state index >= 15 is 0 Å². The first-order valence-electron chi connectivity index (χ1n) is 3.80. The maximum absolute atomic E-state index is 12.7. The number of ether oxygens (including phenoxy) is 1. The van der Waals surface area contributed by atoms with Crippen LogP contribution in [0.3, 0.4) is 0 Å². The average Bonchev–Trinajstić information content (AvgIpc) is 2.03. The molecule has 0 radical (unpaired) electrons. The van der Waals surface area contributed by atoms with Gasteiger partial charge in [-0.1, -0.05) is 0 Å². The molecule has 1 N–H and O–H groups in total. The van der Waals surface area contributed by atoms with Gasteiger partial charge in [0.25, 0.3) is 0 Å². The highest BCUT2D eigenvalue weighted by molar-refractivity contribution is 5.89. The van der Waals surface area contributed by atoms with Crippen molar-refractivity contribution in [3.05, 3.63) is 29.6 Å². The monoisotopic (exact) mass is 184 g/mol. The van der Waals surface area contributed by atoms with Crippen molar-refractivity contribution < 1.29 is 19.0 Å². The minimum absolute atomic E-state index is 0.0133. The van der Waals surface area contributed by atoms with Gasteiger partial charge in [0, 0.05) is 6.07 Å². The smallest absolute Gasteiger partial charge is 0.338 e. The first-order valence-corrected chi connectivity index (χ1v) is 3.80. The molecular formula is C9H9FO3. The van der Waals surface area contributed by atoms with Crippen LogP contribution in [-0.2, 0) is 4.74 Å². The highest BCUT2D eigenvalue weighted by atomic mass is 19.1. The standard InChI is InChI=1S/C9H9FO3/c1-2-13-9(12)6-3-7(10)5-8(11)4-6/h3-5,11H,2H2,1H3. The maximum Gasteiger partial charge on any atom is 0.338 e. The lowest BCUT2D eigenvalue weighted by Gasteiger charge is -2.01. The Balaban J connectivity index is 2.94. The van der Waals surface area contributed by atoms with Gasteiger partial charge in [-0.05, 0) is 19.1 Å². The molecule has 0 aliphatic carbocycles. The molecule has 13 heavy (non-hydrogen) atoms. The fraction of sp³-hybridized carbons (Fsp3) is 0.222. The Labute approximate surface area is 74.8 Å². The number of phenolic OH excluding ortho intramolecular Hbond substituents is 1. The molecule has 0 aliphatic heterocycles. The fourth-order valence-electron chi connectivity index (χ4n) is 0.906. The molecule has 1 aromatic rings. The lowest BCUT2D eigenvalue weighted by molar-refractivity contribution is 0.0525. The molecule has 0 saturated carbocycles. The van der Waals surface area contributed by atoms with Gasteiger partial charge in [0.1, 0.15) is 11.6 Å². The van der Waals surface area contributed by atoms with Crippen molar-refractivity contribution >= 4 is 5.97 Å². The van der Waals surface area contributed by atoms with Gasteiger partial charge in [-0.2, -0.15) is 0 Å². The SMILES string of the molecule is CCOC(=O)c1cc(O)cc(F)c1. The van der Waals surface area contributed by atoms with Crippen LogP contribution in [0.5, 0.6) is 5.75 Å². The van der Waals surface area contributed by atoms with Crippen LogP contribution in [0, 0.1) is 5.82 Å². The number of benzene rings is 1. The first kappa shape index (κ1) is 9.51. The maximum atomic E-state index is 12.7. The normalized spacial score (nSPS) is 9.69. The number of rotatable bonds is 2. The third-order valence-corrected chi connectivity index (χ3v) is 1.39. The van der Waals surface area contributed by atoms with Crippen LogP contribution < -0.4 is 0 Å². The van der Waals surface area contributed by atoms with Crippen molar-refractivity contribution in [2.45, 2.75) is 6.92 Å². The number of halogens is 1. The van der Waals surface area contributed by atoms with E-state index in [0.717, 1.165) is 18.2 Å². The second-order valence-electron chi connectivity index (χ2n) is 2.42. The highest BCUT2D eigenvalue weighted by Crippen LogP contribution is 2.15. The second kappa shape index (κ2) is 3.89. The summed E-state index contributed by atoms with van der Waals surface area (Å²) < 4.78 is 17.3. The quantitative estimate of drug-likeness (QED) is 0.711. The van der Waals surface area contributed by atoms with Gasteiger partial charge in [-0.3, -0.25) is 0 Å². The van der Waals surface area contributed by atoms with Crippen LogP contribution in [0.15, 0.2) is 18.2 Å². The largest absolute Gasteiger partial charge is 0.508 e. The molecule has 1 aromatic carbocycles. The highest BCUT2D eigenvalue weighted by Gasteiger charge is 2.08. The van der Waals surface area contributed by atoms with Crippen molar-refractivity contribution in [2.24, 2.45) is 0 Å². The molecule has 0 aromatic heterocycles. The van der Waals surface area contributed by atoms with Gasteiger partial charge in [0.2, 0.25) is 0 Å². The Morgan fingerprint density at radius 2 is 2.23 bits per heavy atom. The van der Waals surface area contributed by atoms with E-state index < -0.39 is 11.8 Å². The Bertz CT molecular complexity index is 302. The van der Waals surface area contributed by atoms with Gasteiger partial charge in [-0.25, -0.2) is 9.18 Å². The average molecular weight is 184 g/mol. The summed E-state index contributed by atoms with van der Waals surface area (Å²) in [4.78, 5) is 11.0. The van der Waals surface area contributed by atoms with Crippen LogP contribution in [-0.4, -0.2) is 17.7 Å². The zero-order chi connectivity index (χ0) is 9.84. The molecule has 1 rings (SSSR count). The zero-order valence-corrected chi connectivity index (χ0v) is 7.08. The molecule has 0 amide bonds. The van der Waals surface area contributed by atoms with Crippen LogP contribution in [0.2, 0.25) is 0 Å². The number of carbonyl (C=O) groups excluding carboxylic acids is 1. The molecule has 0 heterocycles. The molecule has 0 fully saturated rings. The van der Waals surface area contributed by atoms with Gasteiger partial charge < -0.3 is 9.84 Å². The first-order chi connectivity index (χ1) is 6.13. The van der Waals surface area contributed by atoms with E-state index in [0.29, 0.717) is 0 Å². The summed E-state index contributed by atoms with van der Waals surface area (Å²) in [5.74, 6) is -1.59. The van der Waals surface area contributed by atoms with E-state index in [1.54, 1.807) is 6.92 Å². The topological polar surface area (TPSA) is 46.5 Å². The van der Waals surface area contributed by atoms with Crippen LogP contribution >= 0.6 is 0 Å². The Kier molecular flexibility index (Phi) is 2.84. The minimum atomic E-state index is -0.664. The number of phenols is 1. The second-order valence-corrected chi connectivity index (χ2v) is 2.42. The van der Waals surface area contributed by atoms with E-state index in [2.05, 4.69) is 4.74 Å². The number of hydrogen-bond acceptors (Lipinski definition) is 3. The minimum Gasteiger partial charge on any atom is -0.508 e. The third kappa shape index (κ3) is 2.43. The number of hydrogen-bond donors (Lipinski definition) is 1. The van der Waals surface area contributed by atoms with Crippen molar-refractivity contribution in [2.75, 3.05) is 6.61 Å². The molecule has 0 unspecified atom stereocenters. The molecule has 70 valence electrons. The van der Waals surface area contributed by atoms with Crippen molar-refractivity contribution in [3.63, 3.8) is 0 Å². The fourth-order valence-corrected chi connectivity index (χ4v) is 0.906. The van der Waals surface area contributed by atoms with E-state index in [9.17, 15) is 9.18 Å². The molecule has 0 saturated heterocycles. The summed E-state index contributed by atoms with van der Waals surface area (Å²) in [6.45, 7) is 1.87. The van der Waals surface area contributed by atoms with E-state index in [4.69, 9.17) is 5.11 Å². The van der Waals surface area contributed by atoms with Crippen LogP contribution in [0.1, 0.15) is 17.3 Å². The third-order valence-electron chi connectivity index (χ3n) is 1.39. The summed E-state index contributed by atoms with van der Waals surface area (Å²) in [6, 6.07) is 3.08. The van der Waals surface area contributed by atoms with E-state index in [1.165, 1.54) is 0 Å². The van der Waals surface area contributed by atoms with Gasteiger partial charge in [0.05, 0.1) is 12.2 Å². The van der Waals surface area contributed by atoms with Crippen molar-refractivity contribution in [1.82, 2.24) is 0 Å². The number of esters is 1. The summed E-state index contributed by atoms with van der Waals surface area (Å²) in [6.07, 6.45) is 0. The molecular weight excluding hydrogens is 175 g/mol. The summed E-state index contributed by atoms with van der Waals surface area (Å²) in [5.41, 5.74) is 0.0133. The van der Waals surface area contributed by atoms with Crippen molar-refractivity contribution in [3.8, 4) is 5.75 Å². The Morgan fingerprint density at radius 1 is 1.54 bits per heavy atom. The predicted molar refractivity (Wildman–Crippen MR) is 44.0 cm³/mol. The molecule has 0 spiro atoms. The molecule has 0 atom stereocenters. The van der Waals surface area contributed by atoms with Crippen LogP contribution in [0.25, 0.3) is 0 Å². The van der Waals surface area contributed by atoms with E-state index in [-0.39, 0.29) is 17.9 Å². The Morgan fingerprint density at radius 3 is 2.77 bits per heavy atom. The Hall–Kier alpha value is -1.58. The summed E-state index contributed by atoms with van der Waals surface area (Å²) in [7, 11) is 0. The lowest BCUT2D eigenvalue weighted by Crippen LogP contribution is -2.04. The number of aromatic hydroxyl groups is 1. The lowest BCUT2D eigenvalue weighted by atomic mass is 10.2.